The topological polar surface area (TPSA) is 113 Å². The van der Waals surface area contributed by atoms with Crippen LogP contribution in [-0.2, 0) is 0 Å². The Labute approximate surface area is 232 Å². The number of ketones is 1. The molecule has 0 saturated carbocycles. The van der Waals surface area contributed by atoms with Gasteiger partial charge in [0, 0.05) is 47.5 Å². The van der Waals surface area contributed by atoms with E-state index in [2.05, 4.69) is 20.6 Å². The van der Waals surface area contributed by atoms with Gasteiger partial charge in [-0.3, -0.25) is 4.79 Å². The number of carbonyl (C=O) groups excluding carboxylic acids is 1. The molecule has 0 aliphatic rings. The summed E-state index contributed by atoms with van der Waals surface area (Å²) < 4.78 is 26.9. The minimum absolute atomic E-state index is 0.246. The molecule has 4 rings (SSSR count). The zero-order valence-electron chi connectivity index (χ0n) is 22.8. The second-order valence-electron chi connectivity index (χ2n) is 8.27. The molecule has 0 aliphatic carbocycles. The van der Waals surface area contributed by atoms with Crippen LogP contribution in [0, 0.1) is 0 Å². The SMILES string of the molecule is COc1ccc(Nc2ncccc2C=CC(=O)c2cccnc2Nc2cc(OC)c(OC)c(OC)c2)cc1OC. The molecule has 2 N–H and O–H groups in total. The summed E-state index contributed by atoms with van der Waals surface area (Å²) in [5.41, 5.74) is 2.46. The monoisotopic (exact) mass is 542 g/mol. The quantitative estimate of drug-likeness (QED) is 0.166. The Balaban J connectivity index is 1.58. The van der Waals surface area contributed by atoms with Gasteiger partial charge in [-0.05, 0) is 48.6 Å². The molecule has 4 aromatic rings. The molecule has 206 valence electrons. The summed E-state index contributed by atoms with van der Waals surface area (Å²) in [5, 5.41) is 6.46. The highest BCUT2D eigenvalue weighted by atomic mass is 16.5. The average molecular weight is 543 g/mol. The fourth-order valence-electron chi connectivity index (χ4n) is 3.96. The normalized spacial score (nSPS) is 10.6. The third kappa shape index (κ3) is 6.24. The average Bonchev–Trinajstić information content (AvgIpc) is 3.00. The predicted octanol–water partition coefficient (Wildman–Crippen LogP) is 5.90. The number of ether oxygens (including phenoxy) is 5. The van der Waals surface area contributed by atoms with Gasteiger partial charge in [-0.25, -0.2) is 9.97 Å². The maximum absolute atomic E-state index is 13.3. The van der Waals surface area contributed by atoms with Crippen molar-refractivity contribution >= 4 is 34.9 Å². The lowest BCUT2D eigenvalue weighted by Crippen LogP contribution is -2.04. The zero-order valence-corrected chi connectivity index (χ0v) is 22.8. The Morgan fingerprint density at radius 2 is 1.27 bits per heavy atom. The van der Waals surface area contributed by atoms with Crippen molar-refractivity contribution in [2.45, 2.75) is 0 Å². The van der Waals surface area contributed by atoms with E-state index < -0.39 is 0 Å². The molecular formula is C30H30N4O6. The van der Waals surface area contributed by atoms with Gasteiger partial charge in [0.25, 0.3) is 0 Å². The summed E-state index contributed by atoms with van der Waals surface area (Å²) in [6, 6.07) is 16.0. The van der Waals surface area contributed by atoms with Crippen LogP contribution in [0.4, 0.5) is 23.0 Å². The Bertz CT molecular complexity index is 1500. The number of rotatable bonds is 12. The number of hydrogen-bond donors (Lipinski definition) is 2. The number of pyridine rings is 2. The first kappa shape index (κ1) is 27.8. The summed E-state index contributed by atoms with van der Waals surface area (Å²) in [7, 11) is 7.76. The Hall–Kier alpha value is -5.25. The van der Waals surface area contributed by atoms with E-state index in [0.717, 1.165) is 5.69 Å². The van der Waals surface area contributed by atoms with Gasteiger partial charge in [0.1, 0.15) is 11.6 Å². The highest BCUT2D eigenvalue weighted by Crippen LogP contribution is 2.40. The Morgan fingerprint density at radius 3 is 1.93 bits per heavy atom. The Kier molecular flexibility index (Phi) is 9.03. The summed E-state index contributed by atoms with van der Waals surface area (Å²) in [4.78, 5) is 22.1. The fourth-order valence-corrected chi connectivity index (χ4v) is 3.96. The summed E-state index contributed by atoms with van der Waals surface area (Å²) in [5.74, 6) is 3.31. The van der Waals surface area contributed by atoms with Crippen molar-refractivity contribution in [2.24, 2.45) is 0 Å². The van der Waals surface area contributed by atoms with Crippen LogP contribution in [0.25, 0.3) is 6.08 Å². The zero-order chi connectivity index (χ0) is 28.5. The van der Waals surface area contributed by atoms with Crippen LogP contribution < -0.4 is 34.3 Å². The highest BCUT2D eigenvalue weighted by molar-refractivity contribution is 6.10. The summed E-state index contributed by atoms with van der Waals surface area (Å²) in [6.07, 6.45) is 6.46. The van der Waals surface area contributed by atoms with Crippen LogP contribution in [0.15, 0.2) is 73.1 Å². The first-order valence-electron chi connectivity index (χ1n) is 12.2. The molecule has 0 spiro atoms. The van der Waals surface area contributed by atoms with E-state index in [1.54, 1.807) is 69.1 Å². The van der Waals surface area contributed by atoms with Crippen LogP contribution in [0.1, 0.15) is 15.9 Å². The Morgan fingerprint density at radius 1 is 0.675 bits per heavy atom. The minimum Gasteiger partial charge on any atom is -0.493 e. The molecule has 0 atom stereocenters. The van der Waals surface area contributed by atoms with Crippen LogP contribution in [-0.4, -0.2) is 51.3 Å². The lowest BCUT2D eigenvalue weighted by molar-refractivity contribution is 0.104. The van der Waals surface area contributed by atoms with Gasteiger partial charge < -0.3 is 34.3 Å². The minimum atomic E-state index is -0.246. The number of nitrogens with one attached hydrogen (secondary N) is 2. The molecule has 2 heterocycles. The van der Waals surface area contributed by atoms with Gasteiger partial charge in [0.05, 0.1) is 41.1 Å². The number of aromatic nitrogens is 2. The molecule has 2 aromatic heterocycles. The second-order valence-corrected chi connectivity index (χ2v) is 8.27. The molecule has 10 heteroatoms. The van der Waals surface area contributed by atoms with Crippen molar-refractivity contribution in [1.29, 1.82) is 0 Å². The van der Waals surface area contributed by atoms with E-state index in [0.29, 0.717) is 57.2 Å². The van der Waals surface area contributed by atoms with Crippen LogP contribution >= 0.6 is 0 Å². The van der Waals surface area contributed by atoms with Gasteiger partial charge in [-0.2, -0.15) is 0 Å². The standard InChI is InChI=1S/C30H30N4O6/c1-36-24-13-11-20(16-25(24)37-2)33-29-19(8-6-14-31-29)10-12-23(35)22-9-7-15-32-30(22)34-21-17-26(38-3)28(40-5)27(18-21)39-4/h6-18H,1-5H3,(H,31,33)(H,32,34). The molecular weight excluding hydrogens is 512 g/mol. The van der Waals surface area contributed by atoms with Crippen molar-refractivity contribution < 1.29 is 28.5 Å². The first-order valence-corrected chi connectivity index (χ1v) is 12.2. The van der Waals surface area contributed by atoms with Crippen LogP contribution in [0.2, 0.25) is 0 Å². The number of carbonyl (C=O) groups is 1. The summed E-state index contributed by atoms with van der Waals surface area (Å²) in [6.45, 7) is 0. The highest BCUT2D eigenvalue weighted by Gasteiger charge is 2.16. The van der Waals surface area contributed by atoms with Crippen molar-refractivity contribution in [3.05, 3.63) is 84.2 Å². The number of anilines is 4. The lowest BCUT2D eigenvalue weighted by Gasteiger charge is -2.15. The van der Waals surface area contributed by atoms with Crippen LogP contribution in [0.5, 0.6) is 28.7 Å². The van der Waals surface area contributed by atoms with Gasteiger partial charge >= 0.3 is 0 Å². The number of hydrogen-bond acceptors (Lipinski definition) is 10. The number of nitrogens with zero attached hydrogens (tertiary/aromatic N) is 2. The third-order valence-corrected chi connectivity index (χ3v) is 5.90. The molecule has 2 aromatic carbocycles. The second kappa shape index (κ2) is 13.0. The molecule has 0 unspecified atom stereocenters. The van der Waals surface area contributed by atoms with E-state index >= 15 is 0 Å². The molecule has 0 amide bonds. The fraction of sp³-hybridized carbons (Fsp3) is 0.167. The van der Waals surface area contributed by atoms with Crippen LogP contribution in [0.3, 0.4) is 0 Å². The molecule has 40 heavy (non-hydrogen) atoms. The molecule has 0 saturated heterocycles. The van der Waals surface area contributed by atoms with Gasteiger partial charge in [-0.15, -0.1) is 0 Å². The molecule has 0 bridgehead atoms. The van der Waals surface area contributed by atoms with E-state index in [1.165, 1.54) is 27.4 Å². The third-order valence-electron chi connectivity index (χ3n) is 5.90. The van der Waals surface area contributed by atoms with E-state index in [-0.39, 0.29) is 5.78 Å². The number of methoxy groups -OCH3 is 5. The van der Waals surface area contributed by atoms with Gasteiger partial charge in [0.2, 0.25) is 5.75 Å². The molecule has 0 radical (unpaired) electrons. The maximum atomic E-state index is 13.3. The van der Waals surface area contributed by atoms with Gasteiger partial charge in [-0.1, -0.05) is 0 Å². The smallest absolute Gasteiger partial charge is 0.203 e. The number of benzene rings is 2. The van der Waals surface area contributed by atoms with Crippen molar-refractivity contribution in [2.75, 3.05) is 46.2 Å². The van der Waals surface area contributed by atoms with E-state index in [4.69, 9.17) is 23.7 Å². The van der Waals surface area contributed by atoms with E-state index in [9.17, 15) is 4.79 Å². The molecule has 0 aliphatic heterocycles. The molecule has 0 fully saturated rings. The molecule has 10 nitrogen and oxygen atoms in total. The largest absolute Gasteiger partial charge is 0.493 e. The summed E-state index contributed by atoms with van der Waals surface area (Å²) >= 11 is 0. The number of allylic oxidation sites excluding steroid dienone is 1. The predicted molar refractivity (Wildman–Crippen MR) is 154 cm³/mol. The maximum Gasteiger partial charge on any atom is 0.203 e. The van der Waals surface area contributed by atoms with Crippen molar-refractivity contribution in [3.8, 4) is 28.7 Å². The van der Waals surface area contributed by atoms with Gasteiger partial charge in [0.15, 0.2) is 28.8 Å². The van der Waals surface area contributed by atoms with E-state index in [1.807, 2.05) is 18.2 Å². The van der Waals surface area contributed by atoms with Crippen molar-refractivity contribution in [3.63, 3.8) is 0 Å². The first-order chi connectivity index (χ1) is 19.5. The van der Waals surface area contributed by atoms with Crippen molar-refractivity contribution in [1.82, 2.24) is 9.97 Å². The lowest BCUT2D eigenvalue weighted by atomic mass is 10.1.